The fourth-order valence-electron chi connectivity index (χ4n) is 2.13. The third-order valence-corrected chi connectivity index (χ3v) is 3.49. The Balaban J connectivity index is 2.30. The fraction of sp³-hybridized carbons (Fsp3) is 0.267. The van der Waals surface area contributed by atoms with Gasteiger partial charge in [-0.2, -0.15) is 0 Å². The topological polar surface area (TPSA) is 24.9 Å². The van der Waals surface area contributed by atoms with Crippen molar-refractivity contribution in [1.29, 1.82) is 0 Å². The fourth-order valence-corrected chi connectivity index (χ4v) is 2.55. The molecule has 0 saturated heterocycles. The quantitative estimate of drug-likeness (QED) is 0.812. The van der Waals surface area contributed by atoms with Gasteiger partial charge in [-0.1, -0.05) is 6.92 Å². The lowest BCUT2D eigenvalue weighted by Crippen LogP contribution is -2.23. The highest BCUT2D eigenvalue weighted by Crippen LogP contribution is 2.23. The van der Waals surface area contributed by atoms with E-state index in [4.69, 9.17) is 0 Å². The van der Waals surface area contributed by atoms with Crippen LogP contribution in [0.4, 0.5) is 13.2 Å². The molecule has 1 unspecified atom stereocenters. The minimum Gasteiger partial charge on any atom is -0.310 e. The number of hydrogen-bond acceptors (Lipinski definition) is 2. The van der Waals surface area contributed by atoms with E-state index in [2.05, 4.69) is 26.2 Å². The normalized spacial score (nSPS) is 12.4. The summed E-state index contributed by atoms with van der Waals surface area (Å²) in [5.74, 6) is -3.81. The van der Waals surface area contributed by atoms with Crippen LogP contribution in [-0.2, 0) is 6.42 Å². The first kappa shape index (κ1) is 16.0. The second-order valence-corrected chi connectivity index (χ2v) is 5.54. The summed E-state index contributed by atoms with van der Waals surface area (Å²) >= 11 is 3.33. The Kier molecular flexibility index (Phi) is 5.36. The maximum atomic E-state index is 13.4. The standard InChI is InChI=1S/C15H14BrF3N2/c1-2-21-14(4-9-3-11(16)8-20-7-9)10-5-12(17)15(19)13(18)6-10/h3,5-8,14,21H,2,4H2,1H3. The summed E-state index contributed by atoms with van der Waals surface area (Å²) in [6.45, 7) is 2.51. The van der Waals surface area contributed by atoms with Crippen molar-refractivity contribution in [2.75, 3.05) is 6.54 Å². The third kappa shape index (κ3) is 4.04. The van der Waals surface area contributed by atoms with Crippen LogP contribution in [0.5, 0.6) is 0 Å². The second-order valence-electron chi connectivity index (χ2n) is 4.62. The van der Waals surface area contributed by atoms with Gasteiger partial charge in [-0.15, -0.1) is 0 Å². The number of nitrogens with zero attached hydrogens (tertiary/aromatic N) is 1. The zero-order chi connectivity index (χ0) is 15.4. The van der Waals surface area contributed by atoms with Gasteiger partial charge in [-0.05, 0) is 58.2 Å². The summed E-state index contributed by atoms with van der Waals surface area (Å²) in [6.07, 6.45) is 3.83. The van der Waals surface area contributed by atoms with Gasteiger partial charge in [0.1, 0.15) is 0 Å². The molecule has 0 amide bonds. The van der Waals surface area contributed by atoms with Crippen LogP contribution in [0.3, 0.4) is 0 Å². The van der Waals surface area contributed by atoms with Crippen molar-refractivity contribution < 1.29 is 13.2 Å². The molecule has 0 aliphatic carbocycles. The molecule has 21 heavy (non-hydrogen) atoms. The molecule has 1 atom stereocenters. The van der Waals surface area contributed by atoms with Gasteiger partial charge >= 0.3 is 0 Å². The van der Waals surface area contributed by atoms with Crippen molar-refractivity contribution in [3.05, 3.63) is 63.6 Å². The van der Waals surface area contributed by atoms with Crippen LogP contribution in [0.15, 0.2) is 35.1 Å². The SMILES string of the molecule is CCNC(Cc1cncc(Br)c1)c1cc(F)c(F)c(F)c1. The summed E-state index contributed by atoms with van der Waals surface area (Å²) in [6, 6.07) is 3.61. The molecule has 0 aliphatic heterocycles. The lowest BCUT2D eigenvalue weighted by atomic mass is 9.99. The van der Waals surface area contributed by atoms with Gasteiger partial charge in [-0.3, -0.25) is 4.98 Å². The molecule has 0 saturated carbocycles. The molecule has 112 valence electrons. The summed E-state index contributed by atoms with van der Waals surface area (Å²) in [5.41, 5.74) is 1.27. The van der Waals surface area contributed by atoms with Crippen molar-refractivity contribution >= 4 is 15.9 Å². The molecule has 1 aromatic heterocycles. The minimum absolute atomic E-state index is 0.323. The molecule has 0 bridgehead atoms. The second kappa shape index (κ2) is 7.04. The van der Waals surface area contributed by atoms with Crippen molar-refractivity contribution in [2.24, 2.45) is 0 Å². The van der Waals surface area contributed by atoms with E-state index in [0.29, 0.717) is 18.5 Å². The zero-order valence-corrected chi connectivity index (χ0v) is 12.9. The Hall–Kier alpha value is -1.40. The summed E-state index contributed by atoms with van der Waals surface area (Å²) < 4.78 is 40.6. The van der Waals surface area contributed by atoms with E-state index in [1.165, 1.54) is 0 Å². The Labute approximate surface area is 129 Å². The lowest BCUT2D eigenvalue weighted by Gasteiger charge is -2.19. The van der Waals surface area contributed by atoms with Crippen LogP contribution >= 0.6 is 15.9 Å². The highest BCUT2D eigenvalue weighted by Gasteiger charge is 2.17. The first-order chi connectivity index (χ1) is 10.0. The number of aromatic nitrogens is 1. The van der Waals surface area contributed by atoms with E-state index in [1.54, 1.807) is 12.4 Å². The Morgan fingerprint density at radius 2 is 1.81 bits per heavy atom. The molecular formula is C15H14BrF3N2. The number of pyridine rings is 1. The number of benzene rings is 1. The number of rotatable bonds is 5. The largest absolute Gasteiger partial charge is 0.310 e. The van der Waals surface area contributed by atoms with E-state index in [0.717, 1.165) is 22.2 Å². The van der Waals surface area contributed by atoms with Crippen LogP contribution < -0.4 is 5.32 Å². The summed E-state index contributed by atoms with van der Waals surface area (Å²) in [5, 5.41) is 3.14. The molecule has 0 radical (unpaired) electrons. The Morgan fingerprint density at radius 1 is 1.14 bits per heavy atom. The molecule has 2 nitrogen and oxygen atoms in total. The highest BCUT2D eigenvalue weighted by atomic mass is 79.9. The predicted octanol–water partition coefficient (Wildman–Crippen LogP) is 4.15. The number of likely N-dealkylation sites (N-methyl/N-ethyl adjacent to an activating group) is 1. The first-order valence-corrected chi connectivity index (χ1v) is 7.27. The van der Waals surface area contributed by atoms with Crippen LogP contribution in [0, 0.1) is 17.5 Å². The predicted molar refractivity (Wildman–Crippen MR) is 78.4 cm³/mol. The van der Waals surface area contributed by atoms with Gasteiger partial charge in [0.25, 0.3) is 0 Å². The van der Waals surface area contributed by atoms with Crippen molar-refractivity contribution in [3.8, 4) is 0 Å². The van der Waals surface area contributed by atoms with E-state index in [-0.39, 0.29) is 6.04 Å². The molecule has 1 heterocycles. The van der Waals surface area contributed by atoms with E-state index in [1.807, 2.05) is 13.0 Å². The van der Waals surface area contributed by atoms with Crippen molar-refractivity contribution in [2.45, 2.75) is 19.4 Å². The van der Waals surface area contributed by atoms with Gasteiger partial charge in [0.15, 0.2) is 17.5 Å². The average molecular weight is 359 g/mol. The molecule has 0 spiro atoms. The maximum Gasteiger partial charge on any atom is 0.194 e. The Bertz CT molecular complexity index is 611. The molecule has 0 aliphatic rings. The third-order valence-electron chi connectivity index (χ3n) is 3.06. The van der Waals surface area contributed by atoms with Crippen LogP contribution in [-0.4, -0.2) is 11.5 Å². The van der Waals surface area contributed by atoms with E-state index >= 15 is 0 Å². The zero-order valence-electron chi connectivity index (χ0n) is 11.3. The first-order valence-electron chi connectivity index (χ1n) is 6.48. The number of hydrogen-bond donors (Lipinski definition) is 1. The molecule has 1 N–H and O–H groups in total. The van der Waals surface area contributed by atoms with Crippen LogP contribution in [0.1, 0.15) is 24.1 Å². The molecule has 2 aromatic rings. The molecule has 2 rings (SSSR count). The lowest BCUT2D eigenvalue weighted by molar-refractivity contribution is 0.439. The van der Waals surface area contributed by atoms with E-state index < -0.39 is 17.5 Å². The van der Waals surface area contributed by atoms with Gasteiger partial charge in [-0.25, -0.2) is 13.2 Å². The Morgan fingerprint density at radius 3 is 2.38 bits per heavy atom. The molecule has 1 aromatic carbocycles. The summed E-state index contributed by atoms with van der Waals surface area (Å²) in [4.78, 5) is 4.06. The van der Waals surface area contributed by atoms with Gasteiger partial charge in [0, 0.05) is 22.9 Å². The highest BCUT2D eigenvalue weighted by molar-refractivity contribution is 9.10. The summed E-state index contributed by atoms with van der Waals surface area (Å²) in [7, 11) is 0. The molecular weight excluding hydrogens is 345 g/mol. The van der Waals surface area contributed by atoms with Gasteiger partial charge in [0.05, 0.1) is 0 Å². The smallest absolute Gasteiger partial charge is 0.194 e. The average Bonchev–Trinajstić information content (AvgIpc) is 2.44. The maximum absolute atomic E-state index is 13.4. The minimum atomic E-state index is -1.45. The molecule has 0 fully saturated rings. The van der Waals surface area contributed by atoms with Gasteiger partial charge < -0.3 is 5.32 Å². The number of nitrogens with one attached hydrogen (secondary N) is 1. The van der Waals surface area contributed by atoms with Crippen LogP contribution in [0.25, 0.3) is 0 Å². The monoisotopic (exact) mass is 358 g/mol. The number of halogens is 4. The van der Waals surface area contributed by atoms with Crippen LogP contribution in [0.2, 0.25) is 0 Å². The van der Waals surface area contributed by atoms with E-state index in [9.17, 15) is 13.2 Å². The van der Waals surface area contributed by atoms with Crippen molar-refractivity contribution in [1.82, 2.24) is 10.3 Å². The van der Waals surface area contributed by atoms with Gasteiger partial charge in [0.2, 0.25) is 0 Å². The molecule has 6 heteroatoms. The van der Waals surface area contributed by atoms with Crippen molar-refractivity contribution in [3.63, 3.8) is 0 Å².